The molecule has 0 aliphatic heterocycles. The number of nitrogens with zero attached hydrogens (tertiary/aromatic N) is 4. The highest BCUT2D eigenvalue weighted by Crippen LogP contribution is 2.43. The fourth-order valence-corrected chi connectivity index (χ4v) is 5.97. The van der Waals surface area contributed by atoms with Crippen molar-refractivity contribution in [2.24, 2.45) is 0 Å². The van der Waals surface area contributed by atoms with Crippen LogP contribution in [0.2, 0.25) is 0 Å². The van der Waals surface area contributed by atoms with E-state index in [9.17, 15) is 9.59 Å². The maximum Gasteiger partial charge on any atom is 0.356 e. The Bertz CT molecular complexity index is 1610. The van der Waals surface area contributed by atoms with Gasteiger partial charge in [0.1, 0.15) is 12.1 Å². The van der Waals surface area contributed by atoms with Crippen molar-refractivity contribution in [3.8, 4) is 11.3 Å². The summed E-state index contributed by atoms with van der Waals surface area (Å²) in [5.41, 5.74) is 5.79. The van der Waals surface area contributed by atoms with Crippen LogP contribution >= 0.6 is 0 Å². The number of aryl methyl sites for hydroxylation is 1. The van der Waals surface area contributed by atoms with Gasteiger partial charge in [0.15, 0.2) is 5.69 Å². The van der Waals surface area contributed by atoms with E-state index in [0.29, 0.717) is 24.2 Å². The molecule has 0 bridgehead atoms. The van der Waals surface area contributed by atoms with Gasteiger partial charge in [0.2, 0.25) is 0 Å². The van der Waals surface area contributed by atoms with Crippen LogP contribution in [0.25, 0.3) is 11.3 Å². The lowest BCUT2D eigenvalue weighted by Gasteiger charge is -2.36. The summed E-state index contributed by atoms with van der Waals surface area (Å²) < 4.78 is 14.0. The number of aromatic nitrogens is 4. The second-order valence-electron chi connectivity index (χ2n) is 10.1. The SMILES string of the molecule is CCOC(=O)Cn1nc2c(c1C(=O)OCC)CCc1nn(C(c3ccccc3)(c3ccccc3)c3ccccc3)cc1-2. The Morgan fingerprint density at radius 2 is 1.31 bits per heavy atom. The van der Waals surface area contributed by atoms with E-state index >= 15 is 0 Å². The molecule has 0 atom stereocenters. The van der Waals surface area contributed by atoms with Crippen LogP contribution in [0.4, 0.5) is 0 Å². The van der Waals surface area contributed by atoms with Gasteiger partial charge < -0.3 is 9.47 Å². The summed E-state index contributed by atoms with van der Waals surface area (Å²) in [5, 5.41) is 10.0. The van der Waals surface area contributed by atoms with Crippen LogP contribution in [0.3, 0.4) is 0 Å². The lowest BCUT2D eigenvalue weighted by atomic mass is 9.77. The van der Waals surface area contributed by atoms with Crippen LogP contribution in [0, 0.1) is 0 Å². The van der Waals surface area contributed by atoms with Crippen molar-refractivity contribution < 1.29 is 19.1 Å². The Morgan fingerprint density at radius 1 is 0.762 bits per heavy atom. The summed E-state index contributed by atoms with van der Waals surface area (Å²) in [6, 6.07) is 31.0. The molecule has 0 fully saturated rings. The smallest absolute Gasteiger partial charge is 0.356 e. The van der Waals surface area contributed by atoms with Gasteiger partial charge in [-0.15, -0.1) is 0 Å². The van der Waals surface area contributed by atoms with Crippen LogP contribution < -0.4 is 0 Å². The quantitative estimate of drug-likeness (QED) is 0.177. The Kier molecular flexibility index (Phi) is 7.44. The number of benzene rings is 3. The molecule has 2 aromatic heterocycles. The van der Waals surface area contributed by atoms with E-state index in [2.05, 4.69) is 36.4 Å². The summed E-state index contributed by atoms with van der Waals surface area (Å²) in [6.45, 7) is 3.79. The lowest BCUT2D eigenvalue weighted by Crippen LogP contribution is -2.38. The van der Waals surface area contributed by atoms with Gasteiger partial charge in [0, 0.05) is 17.3 Å². The van der Waals surface area contributed by atoms with Crippen molar-refractivity contribution in [3.05, 3.63) is 131 Å². The normalized spacial score (nSPS) is 12.3. The minimum absolute atomic E-state index is 0.180. The topological polar surface area (TPSA) is 88.2 Å². The molecule has 8 nitrogen and oxygen atoms in total. The number of carbonyl (C=O) groups excluding carboxylic acids is 2. The van der Waals surface area contributed by atoms with Crippen LogP contribution in [0.1, 0.15) is 52.3 Å². The maximum atomic E-state index is 13.1. The van der Waals surface area contributed by atoms with Crippen molar-refractivity contribution in [2.75, 3.05) is 13.2 Å². The van der Waals surface area contributed by atoms with E-state index in [-0.39, 0.29) is 19.8 Å². The fourth-order valence-electron chi connectivity index (χ4n) is 5.97. The van der Waals surface area contributed by atoms with Gasteiger partial charge in [-0.1, -0.05) is 91.0 Å². The van der Waals surface area contributed by atoms with E-state index in [0.717, 1.165) is 33.5 Å². The Hall–Kier alpha value is -4.98. The molecular formula is C34H32N4O4. The third-order valence-electron chi connectivity index (χ3n) is 7.68. The first-order chi connectivity index (χ1) is 20.6. The number of carbonyl (C=O) groups is 2. The first-order valence-corrected chi connectivity index (χ1v) is 14.3. The van der Waals surface area contributed by atoms with Crippen molar-refractivity contribution >= 4 is 11.9 Å². The third-order valence-corrected chi connectivity index (χ3v) is 7.68. The maximum absolute atomic E-state index is 13.1. The molecule has 1 aliphatic carbocycles. The van der Waals surface area contributed by atoms with Gasteiger partial charge in [-0.25, -0.2) is 9.48 Å². The van der Waals surface area contributed by atoms with E-state index in [1.54, 1.807) is 13.8 Å². The second kappa shape index (κ2) is 11.5. The Labute approximate surface area is 244 Å². The van der Waals surface area contributed by atoms with Gasteiger partial charge in [-0.2, -0.15) is 10.2 Å². The summed E-state index contributed by atoms with van der Waals surface area (Å²) >= 11 is 0. The molecule has 0 amide bonds. The average molecular weight is 561 g/mol. The van der Waals surface area contributed by atoms with Crippen molar-refractivity contribution in [3.63, 3.8) is 0 Å². The molecule has 3 aromatic carbocycles. The molecule has 1 aliphatic rings. The van der Waals surface area contributed by atoms with E-state index < -0.39 is 17.5 Å². The first-order valence-electron chi connectivity index (χ1n) is 14.3. The molecule has 0 spiro atoms. The van der Waals surface area contributed by atoms with Gasteiger partial charge in [0.05, 0.1) is 24.6 Å². The highest BCUT2D eigenvalue weighted by atomic mass is 16.5. The largest absolute Gasteiger partial charge is 0.465 e. The predicted molar refractivity (Wildman–Crippen MR) is 158 cm³/mol. The van der Waals surface area contributed by atoms with E-state index in [4.69, 9.17) is 19.7 Å². The van der Waals surface area contributed by atoms with Gasteiger partial charge in [0.25, 0.3) is 0 Å². The monoisotopic (exact) mass is 560 g/mol. The summed E-state index contributed by atoms with van der Waals surface area (Å²) in [5.74, 6) is -0.964. The van der Waals surface area contributed by atoms with Crippen LogP contribution in [-0.4, -0.2) is 44.7 Å². The lowest BCUT2D eigenvalue weighted by molar-refractivity contribution is -0.144. The number of hydrogen-bond donors (Lipinski definition) is 0. The van der Waals surface area contributed by atoms with Crippen molar-refractivity contribution in [2.45, 2.75) is 38.8 Å². The minimum atomic E-state index is -0.779. The molecule has 0 saturated heterocycles. The Balaban J connectivity index is 1.58. The summed E-state index contributed by atoms with van der Waals surface area (Å²) in [7, 11) is 0. The summed E-state index contributed by atoms with van der Waals surface area (Å²) in [4.78, 5) is 25.6. The van der Waals surface area contributed by atoms with Crippen molar-refractivity contribution in [1.29, 1.82) is 0 Å². The fraction of sp³-hybridized carbons (Fsp3) is 0.235. The molecule has 42 heavy (non-hydrogen) atoms. The number of esters is 2. The zero-order valence-corrected chi connectivity index (χ0v) is 23.7. The number of ether oxygens (including phenoxy) is 2. The standard InChI is InChI=1S/C34H32N4O4/c1-3-41-30(39)23-37-32(33(40)42-4-2)27-20-21-29-28(31(27)36-37)22-38(35-29)34(24-14-8-5-9-15-24,25-16-10-6-11-17-25)26-18-12-7-13-19-26/h5-19,22H,3-4,20-21,23H2,1-2H3. The molecular weight excluding hydrogens is 528 g/mol. The highest BCUT2D eigenvalue weighted by Gasteiger charge is 2.41. The molecule has 0 unspecified atom stereocenters. The zero-order valence-electron chi connectivity index (χ0n) is 23.7. The van der Waals surface area contributed by atoms with Gasteiger partial charge >= 0.3 is 11.9 Å². The molecule has 0 radical (unpaired) electrons. The molecule has 212 valence electrons. The van der Waals surface area contributed by atoms with E-state index in [1.807, 2.05) is 65.5 Å². The number of rotatable bonds is 9. The molecule has 6 rings (SSSR count). The van der Waals surface area contributed by atoms with Crippen LogP contribution in [-0.2, 0) is 39.2 Å². The van der Waals surface area contributed by atoms with Crippen LogP contribution in [0.15, 0.2) is 97.2 Å². The first kappa shape index (κ1) is 27.2. The second-order valence-corrected chi connectivity index (χ2v) is 10.1. The number of fused-ring (bicyclic) bond motifs is 3. The Morgan fingerprint density at radius 3 is 1.83 bits per heavy atom. The van der Waals surface area contributed by atoms with Crippen LogP contribution in [0.5, 0.6) is 0 Å². The molecule has 0 saturated carbocycles. The molecule has 8 heteroatoms. The van der Waals surface area contributed by atoms with Crippen molar-refractivity contribution in [1.82, 2.24) is 19.6 Å². The van der Waals surface area contributed by atoms with E-state index in [1.165, 1.54) is 4.68 Å². The minimum Gasteiger partial charge on any atom is -0.465 e. The molecule has 2 heterocycles. The molecule has 5 aromatic rings. The summed E-state index contributed by atoms with van der Waals surface area (Å²) in [6.07, 6.45) is 3.18. The predicted octanol–water partition coefficient (Wildman–Crippen LogP) is 5.43. The van der Waals surface area contributed by atoms with Gasteiger partial charge in [-0.05, 0) is 43.4 Å². The number of hydrogen-bond acceptors (Lipinski definition) is 6. The average Bonchev–Trinajstić information content (AvgIpc) is 3.61. The van der Waals surface area contributed by atoms with Gasteiger partial charge in [-0.3, -0.25) is 9.48 Å². The third kappa shape index (κ3) is 4.59. The highest BCUT2D eigenvalue weighted by molar-refractivity contribution is 5.92. The zero-order chi connectivity index (χ0) is 29.1. The molecule has 0 N–H and O–H groups in total.